The predicted molar refractivity (Wildman–Crippen MR) is 117 cm³/mol. The van der Waals surface area contributed by atoms with Gasteiger partial charge in [-0.2, -0.15) is 18.3 Å². The lowest BCUT2D eigenvalue weighted by molar-refractivity contribution is -0.139. The Kier molecular flexibility index (Phi) is 10.0. The van der Waals surface area contributed by atoms with Gasteiger partial charge < -0.3 is 20.1 Å². The van der Waals surface area contributed by atoms with Gasteiger partial charge in [-0.1, -0.05) is 18.2 Å². The molecule has 0 saturated carbocycles. The summed E-state index contributed by atoms with van der Waals surface area (Å²) in [5.74, 6) is -2.27. The van der Waals surface area contributed by atoms with Crippen molar-refractivity contribution in [2.45, 2.75) is 12.6 Å². The number of benzene rings is 2. The summed E-state index contributed by atoms with van der Waals surface area (Å²) in [6, 6.07) is 10.6. The Balaban J connectivity index is 1.88. The average molecular weight is 480 g/mol. The molecule has 0 heterocycles. The molecule has 2 rings (SSSR count). The van der Waals surface area contributed by atoms with E-state index in [-0.39, 0.29) is 18.0 Å². The maximum absolute atomic E-state index is 12.8. The molecule has 0 aromatic heterocycles. The zero-order chi connectivity index (χ0) is 25.0. The van der Waals surface area contributed by atoms with Crippen LogP contribution in [0, 0.1) is 0 Å². The van der Waals surface area contributed by atoms with Crippen LogP contribution in [0.25, 0.3) is 0 Å². The topological polar surface area (TPSA) is 118 Å². The van der Waals surface area contributed by atoms with Crippen molar-refractivity contribution in [1.82, 2.24) is 10.7 Å². The highest BCUT2D eigenvalue weighted by molar-refractivity contribution is 6.35. The molecule has 0 bridgehead atoms. The molecule has 0 aliphatic rings. The first-order valence-corrected chi connectivity index (χ1v) is 10.00. The minimum Gasteiger partial charge on any atom is -0.483 e. The predicted octanol–water partition coefficient (Wildman–Crippen LogP) is 2.33. The van der Waals surface area contributed by atoms with Crippen LogP contribution in [0.5, 0.6) is 5.75 Å². The first-order chi connectivity index (χ1) is 16.2. The summed E-state index contributed by atoms with van der Waals surface area (Å²) in [6.07, 6.45) is -2.77. The van der Waals surface area contributed by atoms with E-state index in [2.05, 4.69) is 21.2 Å². The number of methoxy groups -OCH3 is 1. The van der Waals surface area contributed by atoms with Gasteiger partial charge in [0.25, 0.3) is 5.91 Å². The number of hydrogen-bond donors (Lipinski definition) is 3. The number of ether oxygens (including phenoxy) is 2. The second-order valence-electron chi connectivity index (χ2n) is 6.75. The lowest BCUT2D eigenvalue weighted by atomic mass is 10.2. The highest BCUT2D eigenvalue weighted by Gasteiger charge is 2.30. The fraction of sp³-hybridized carbons (Fsp3) is 0.273. The van der Waals surface area contributed by atoms with Crippen molar-refractivity contribution < 1.29 is 37.0 Å². The first kappa shape index (κ1) is 26.3. The minimum absolute atomic E-state index is 0.0264. The highest BCUT2D eigenvalue weighted by atomic mass is 19.4. The third-order valence-electron chi connectivity index (χ3n) is 4.14. The molecule has 0 spiro atoms. The number of nitrogens with zero attached hydrogens (tertiary/aromatic N) is 1. The van der Waals surface area contributed by atoms with Crippen molar-refractivity contribution in [2.24, 2.45) is 5.10 Å². The highest BCUT2D eigenvalue weighted by Crippen LogP contribution is 2.30. The third kappa shape index (κ3) is 8.90. The van der Waals surface area contributed by atoms with Crippen molar-refractivity contribution >= 4 is 29.6 Å². The molecule has 0 radical (unpaired) electrons. The van der Waals surface area contributed by atoms with Gasteiger partial charge in [-0.25, -0.2) is 5.43 Å². The molecule has 0 saturated heterocycles. The second kappa shape index (κ2) is 12.9. The number of halogens is 3. The maximum Gasteiger partial charge on any atom is 0.416 e. The van der Waals surface area contributed by atoms with E-state index in [9.17, 15) is 27.6 Å². The van der Waals surface area contributed by atoms with Crippen LogP contribution in [0.15, 0.2) is 53.6 Å². The van der Waals surface area contributed by atoms with E-state index in [1.807, 2.05) is 0 Å². The van der Waals surface area contributed by atoms with Crippen LogP contribution < -0.4 is 20.8 Å². The van der Waals surface area contributed by atoms with Crippen LogP contribution in [0.3, 0.4) is 0 Å². The molecule has 2 aromatic rings. The summed E-state index contributed by atoms with van der Waals surface area (Å²) in [4.78, 5) is 35.5. The molecule has 0 fully saturated rings. The number of amides is 3. The minimum atomic E-state index is -4.53. The van der Waals surface area contributed by atoms with Gasteiger partial charge in [-0.3, -0.25) is 14.4 Å². The fourth-order valence-electron chi connectivity index (χ4n) is 2.54. The van der Waals surface area contributed by atoms with Crippen molar-refractivity contribution in [2.75, 3.05) is 32.2 Å². The Morgan fingerprint density at radius 1 is 1.06 bits per heavy atom. The quantitative estimate of drug-likeness (QED) is 0.209. The summed E-state index contributed by atoms with van der Waals surface area (Å²) < 4.78 is 48.6. The van der Waals surface area contributed by atoms with E-state index in [0.29, 0.717) is 18.6 Å². The fourth-order valence-corrected chi connectivity index (χ4v) is 2.54. The molecular formula is C22H23F3N4O5. The Morgan fingerprint density at radius 3 is 2.56 bits per heavy atom. The number of hydrogen-bond acceptors (Lipinski definition) is 6. The summed E-state index contributed by atoms with van der Waals surface area (Å²) in [7, 11) is 1.52. The lowest BCUT2D eigenvalue weighted by Crippen LogP contribution is -2.38. The number of carbonyl (C=O) groups is 3. The molecule has 0 aliphatic heterocycles. The van der Waals surface area contributed by atoms with E-state index in [1.54, 1.807) is 18.2 Å². The van der Waals surface area contributed by atoms with E-state index in [0.717, 1.165) is 12.1 Å². The number of alkyl halides is 3. The SMILES string of the molecule is COCCCNC(=O)C(=O)N/N=C/c1ccccc1OCC(=O)Nc1cccc(C(F)(F)F)c1. The van der Waals surface area contributed by atoms with Gasteiger partial charge >= 0.3 is 18.0 Å². The Morgan fingerprint density at radius 2 is 1.82 bits per heavy atom. The summed E-state index contributed by atoms with van der Waals surface area (Å²) in [6.45, 7) is 0.217. The van der Waals surface area contributed by atoms with Gasteiger partial charge in [0.2, 0.25) is 0 Å². The van der Waals surface area contributed by atoms with E-state index in [1.165, 1.54) is 31.5 Å². The number of rotatable bonds is 10. The van der Waals surface area contributed by atoms with Gasteiger partial charge in [-0.15, -0.1) is 0 Å². The molecule has 0 atom stereocenters. The van der Waals surface area contributed by atoms with Crippen LogP contribution >= 0.6 is 0 Å². The van der Waals surface area contributed by atoms with E-state index >= 15 is 0 Å². The molecular weight excluding hydrogens is 457 g/mol. The van der Waals surface area contributed by atoms with Crippen molar-refractivity contribution in [3.8, 4) is 5.75 Å². The summed E-state index contributed by atoms with van der Waals surface area (Å²) >= 11 is 0. The first-order valence-electron chi connectivity index (χ1n) is 10.00. The lowest BCUT2D eigenvalue weighted by Gasteiger charge is -2.11. The molecule has 34 heavy (non-hydrogen) atoms. The number of carbonyl (C=O) groups excluding carboxylic acids is 3. The van der Waals surface area contributed by atoms with Crippen molar-refractivity contribution in [3.63, 3.8) is 0 Å². The average Bonchev–Trinajstić information content (AvgIpc) is 2.80. The number of nitrogens with one attached hydrogen (secondary N) is 3. The number of para-hydroxylation sites is 1. The Hall–Kier alpha value is -3.93. The monoisotopic (exact) mass is 480 g/mol. The molecule has 12 heteroatoms. The van der Waals surface area contributed by atoms with E-state index < -0.39 is 36.1 Å². The van der Waals surface area contributed by atoms with Gasteiger partial charge in [0.1, 0.15) is 5.75 Å². The van der Waals surface area contributed by atoms with Crippen LogP contribution in [-0.4, -0.2) is 50.8 Å². The van der Waals surface area contributed by atoms with Crippen LogP contribution in [0.4, 0.5) is 18.9 Å². The second-order valence-corrected chi connectivity index (χ2v) is 6.75. The molecule has 3 N–H and O–H groups in total. The molecule has 9 nitrogen and oxygen atoms in total. The van der Waals surface area contributed by atoms with E-state index in [4.69, 9.17) is 9.47 Å². The zero-order valence-corrected chi connectivity index (χ0v) is 18.1. The van der Waals surface area contributed by atoms with Gasteiger partial charge in [-0.05, 0) is 36.8 Å². The van der Waals surface area contributed by atoms with Crippen LogP contribution in [0.2, 0.25) is 0 Å². The molecule has 0 aliphatic carbocycles. The Labute approximate surface area is 193 Å². The summed E-state index contributed by atoms with van der Waals surface area (Å²) in [5, 5.41) is 8.44. The largest absolute Gasteiger partial charge is 0.483 e. The summed E-state index contributed by atoms with van der Waals surface area (Å²) in [5.41, 5.74) is 1.54. The van der Waals surface area contributed by atoms with Gasteiger partial charge in [0.05, 0.1) is 11.8 Å². The third-order valence-corrected chi connectivity index (χ3v) is 4.14. The van der Waals surface area contributed by atoms with Crippen molar-refractivity contribution in [1.29, 1.82) is 0 Å². The number of hydrazone groups is 1. The normalized spacial score (nSPS) is 11.2. The smallest absolute Gasteiger partial charge is 0.416 e. The standard InChI is InChI=1S/C22H23F3N4O5/c1-33-11-5-10-26-20(31)21(32)29-27-13-15-6-2-3-9-18(15)34-14-19(30)28-17-8-4-7-16(12-17)22(23,24)25/h2-4,6-9,12-13H,5,10-11,14H2,1H3,(H,26,31)(H,28,30)(H,29,32)/b27-13+. The maximum atomic E-state index is 12.8. The zero-order valence-electron chi connectivity index (χ0n) is 18.1. The molecule has 0 unspecified atom stereocenters. The van der Waals surface area contributed by atoms with Crippen LogP contribution in [0.1, 0.15) is 17.5 Å². The van der Waals surface area contributed by atoms with Gasteiger partial charge in [0, 0.05) is 31.5 Å². The Bertz CT molecular complexity index is 1030. The molecule has 182 valence electrons. The molecule has 2 aromatic carbocycles. The van der Waals surface area contributed by atoms with Crippen molar-refractivity contribution in [3.05, 3.63) is 59.7 Å². The number of anilines is 1. The van der Waals surface area contributed by atoms with Gasteiger partial charge in [0.15, 0.2) is 6.61 Å². The molecule has 3 amide bonds. The van der Waals surface area contributed by atoms with Crippen LogP contribution in [-0.2, 0) is 25.3 Å².